The highest BCUT2D eigenvalue weighted by molar-refractivity contribution is 6.46. The first kappa shape index (κ1) is 21.4. The number of amides is 1. The Hall–Kier alpha value is -2.34. The maximum absolute atomic E-state index is 12.8. The molecule has 0 bridgehead atoms. The van der Waals surface area contributed by atoms with Gasteiger partial charge in [0.2, 0.25) is 0 Å². The summed E-state index contributed by atoms with van der Waals surface area (Å²) in [5.41, 5.74) is 1.11. The molecule has 1 aliphatic rings. The molecule has 2 aromatic carbocycles. The minimum Gasteiger partial charge on any atom is -0.507 e. The summed E-state index contributed by atoms with van der Waals surface area (Å²) >= 11 is 11.9. The molecular formula is C22H21Cl2NO4. The van der Waals surface area contributed by atoms with Crippen molar-refractivity contribution in [1.82, 2.24) is 4.90 Å². The summed E-state index contributed by atoms with van der Waals surface area (Å²) in [4.78, 5) is 27.0. The number of ketones is 1. The van der Waals surface area contributed by atoms with Crippen LogP contribution in [0.1, 0.15) is 31.0 Å². The van der Waals surface area contributed by atoms with Crippen LogP contribution in [-0.2, 0) is 14.3 Å². The van der Waals surface area contributed by atoms with Crippen molar-refractivity contribution in [3.63, 3.8) is 0 Å². The second-order valence-corrected chi connectivity index (χ2v) is 7.84. The van der Waals surface area contributed by atoms with E-state index >= 15 is 0 Å². The van der Waals surface area contributed by atoms with Crippen LogP contribution in [0.15, 0.2) is 54.1 Å². The molecule has 29 heavy (non-hydrogen) atoms. The van der Waals surface area contributed by atoms with Crippen LogP contribution in [0.25, 0.3) is 5.76 Å². The Bertz CT molecular complexity index is 936. The van der Waals surface area contributed by atoms with Crippen LogP contribution in [0.5, 0.6) is 0 Å². The number of halogens is 2. The molecule has 0 radical (unpaired) electrons. The first-order chi connectivity index (χ1) is 13.8. The van der Waals surface area contributed by atoms with Gasteiger partial charge in [0.25, 0.3) is 11.7 Å². The molecule has 1 N–H and O–H groups in total. The van der Waals surface area contributed by atoms with Gasteiger partial charge in [0.15, 0.2) is 0 Å². The number of nitrogens with zero attached hydrogens (tertiary/aromatic N) is 1. The van der Waals surface area contributed by atoms with Crippen LogP contribution in [0.4, 0.5) is 0 Å². The molecule has 152 valence electrons. The van der Waals surface area contributed by atoms with Crippen LogP contribution in [0.3, 0.4) is 0 Å². The minimum absolute atomic E-state index is 0.00475. The van der Waals surface area contributed by atoms with Crippen molar-refractivity contribution in [2.24, 2.45) is 0 Å². The maximum atomic E-state index is 12.8. The minimum atomic E-state index is -0.737. The summed E-state index contributed by atoms with van der Waals surface area (Å²) in [5, 5.41) is 11.9. The standard InChI is InChI=1S/C22H21Cl2NO4/c1-13(2)29-12-11-25-19(14-3-7-16(23)8-4-14)18(21(27)22(25)28)20(26)15-5-9-17(24)10-6-15/h3-10,13,19,26H,11-12H2,1-2H3/b20-18-. The molecule has 5 nitrogen and oxygen atoms in total. The lowest BCUT2D eigenvalue weighted by Crippen LogP contribution is -2.33. The highest BCUT2D eigenvalue weighted by atomic mass is 35.5. The van der Waals surface area contributed by atoms with Gasteiger partial charge in [0, 0.05) is 22.2 Å². The van der Waals surface area contributed by atoms with Crippen molar-refractivity contribution in [2.75, 3.05) is 13.2 Å². The van der Waals surface area contributed by atoms with Crippen LogP contribution < -0.4 is 0 Å². The maximum Gasteiger partial charge on any atom is 0.295 e. The molecule has 0 aromatic heterocycles. The Morgan fingerprint density at radius 2 is 1.59 bits per heavy atom. The molecule has 1 heterocycles. The van der Waals surface area contributed by atoms with Crippen molar-refractivity contribution in [2.45, 2.75) is 26.0 Å². The first-order valence-electron chi connectivity index (χ1n) is 9.21. The Morgan fingerprint density at radius 3 is 2.14 bits per heavy atom. The van der Waals surface area contributed by atoms with Crippen molar-refractivity contribution >= 4 is 40.7 Å². The molecule has 0 aliphatic carbocycles. The highest BCUT2D eigenvalue weighted by Crippen LogP contribution is 2.39. The predicted molar refractivity (Wildman–Crippen MR) is 113 cm³/mol. The summed E-state index contributed by atoms with van der Waals surface area (Å²) in [6.07, 6.45) is -0.00475. The van der Waals surface area contributed by atoms with Gasteiger partial charge in [-0.25, -0.2) is 0 Å². The number of ether oxygens (including phenoxy) is 1. The number of hydrogen-bond acceptors (Lipinski definition) is 4. The van der Waals surface area contributed by atoms with E-state index in [9.17, 15) is 14.7 Å². The lowest BCUT2D eigenvalue weighted by molar-refractivity contribution is -0.140. The number of likely N-dealkylation sites (tertiary alicyclic amines) is 1. The zero-order chi connectivity index (χ0) is 21.1. The second kappa shape index (κ2) is 8.99. The fourth-order valence-corrected chi connectivity index (χ4v) is 3.50. The molecule has 1 saturated heterocycles. The van der Waals surface area contributed by atoms with E-state index in [1.807, 2.05) is 13.8 Å². The second-order valence-electron chi connectivity index (χ2n) is 6.97. The van der Waals surface area contributed by atoms with E-state index in [1.165, 1.54) is 4.90 Å². The molecule has 3 rings (SSSR count). The van der Waals surface area contributed by atoms with E-state index < -0.39 is 17.7 Å². The molecule has 7 heteroatoms. The fraction of sp³-hybridized carbons (Fsp3) is 0.273. The third-order valence-electron chi connectivity index (χ3n) is 4.63. The topological polar surface area (TPSA) is 66.8 Å². The summed E-state index contributed by atoms with van der Waals surface area (Å²) in [6.45, 7) is 4.28. The first-order valence-corrected chi connectivity index (χ1v) is 9.96. The predicted octanol–water partition coefficient (Wildman–Crippen LogP) is 4.84. The van der Waals surface area contributed by atoms with E-state index in [1.54, 1.807) is 48.5 Å². The van der Waals surface area contributed by atoms with Gasteiger partial charge in [-0.2, -0.15) is 0 Å². The number of hydrogen-bond donors (Lipinski definition) is 1. The SMILES string of the molecule is CC(C)OCCN1C(=O)C(=O)/C(=C(\O)c2ccc(Cl)cc2)C1c1ccc(Cl)cc1. The van der Waals surface area contributed by atoms with E-state index in [0.29, 0.717) is 21.2 Å². The van der Waals surface area contributed by atoms with Gasteiger partial charge < -0.3 is 14.7 Å². The van der Waals surface area contributed by atoms with Crippen molar-refractivity contribution in [3.05, 3.63) is 75.3 Å². The number of benzene rings is 2. The third kappa shape index (κ3) is 4.64. The number of Topliss-reactive ketones (excluding diaryl/α,β-unsaturated/α-hetero) is 1. The zero-order valence-electron chi connectivity index (χ0n) is 16.1. The van der Waals surface area contributed by atoms with E-state index in [0.717, 1.165) is 0 Å². The molecule has 1 atom stereocenters. The number of rotatable bonds is 6. The quantitative estimate of drug-likeness (QED) is 0.402. The average Bonchev–Trinajstić information content (AvgIpc) is 2.93. The van der Waals surface area contributed by atoms with Gasteiger partial charge in [-0.05, 0) is 55.8 Å². The monoisotopic (exact) mass is 433 g/mol. The average molecular weight is 434 g/mol. The molecule has 1 unspecified atom stereocenters. The van der Waals surface area contributed by atoms with Gasteiger partial charge in [0.05, 0.1) is 24.3 Å². The third-order valence-corrected chi connectivity index (χ3v) is 5.13. The van der Waals surface area contributed by atoms with Crippen molar-refractivity contribution in [1.29, 1.82) is 0 Å². The molecule has 0 spiro atoms. The number of carbonyl (C=O) groups is 2. The van der Waals surface area contributed by atoms with E-state index in [2.05, 4.69) is 0 Å². The van der Waals surface area contributed by atoms with Crippen molar-refractivity contribution < 1.29 is 19.4 Å². The number of aliphatic hydroxyl groups excluding tert-OH is 1. The van der Waals surface area contributed by atoms with Crippen LogP contribution in [0.2, 0.25) is 10.0 Å². The van der Waals surface area contributed by atoms with E-state index in [4.69, 9.17) is 27.9 Å². The lowest BCUT2D eigenvalue weighted by Gasteiger charge is -2.25. The molecule has 1 aliphatic heterocycles. The molecule has 1 amide bonds. The summed E-state index contributed by atoms with van der Waals surface area (Å²) in [7, 11) is 0. The Kier molecular flexibility index (Phi) is 6.63. The summed E-state index contributed by atoms with van der Waals surface area (Å²) < 4.78 is 5.56. The van der Waals surface area contributed by atoms with Crippen molar-refractivity contribution in [3.8, 4) is 0 Å². The number of carbonyl (C=O) groups excluding carboxylic acids is 2. The smallest absolute Gasteiger partial charge is 0.295 e. The number of aliphatic hydroxyl groups is 1. The van der Waals surface area contributed by atoms with Gasteiger partial charge in [-0.1, -0.05) is 35.3 Å². The Labute approximate surface area is 179 Å². The van der Waals surface area contributed by atoms with Crippen LogP contribution >= 0.6 is 23.2 Å². The van der Waals surface area contributed by atoms with Crippen LogP contribution in [-0.4, -0.2) is 41.0 Å². The van der Waals surface area contributed by atoms with E-state index in [-0.39, 0.29) is 30.6 Å². The summed E-state index contributed by atoms with van der Waals surface area (Å²) in [6, 6.07) is 12.5. The zero-order valence-corrected chi connectivity index (χ0v) is 17.6. The Morgan fingerprint density at radius 1 is 1.03 bits per heavy atom. The fourth-order valence-electron chi connectivity index (χ4n) is 3.25. The van der Waals surface area contributed by atoms with Gasteiger partial charge >= 0.3 is 0 Å². The molecule has 1 fully saturated rings. The van der Waals surface area contributed by atoms with Crippen LogP contribution in [0, 0.1) is 0 Å². The molecule has 2 aromatic rings. The molecular weight excluding hydrogens is 413 g/mol. The largest absolute Gasteiger partial charge is 0.507 e. The van der Waals surface area contributed by atoms with Gasteiger partial charge in [-0.3, -0.25) is 9.59 Å². The lowest BCUT2D eigenvalue weighted by atomic mass is 9.95. The Balaban J connectivity index is 2.07. The molecule has 0 saturated carbocycles. The normalized spacial score (nSPS) is 18.7. The van der Waals surface area contributed by atoms with Gasteiger partial charge in [-0.15, -0.1) is 0 Å². The summed E-state index contributed by atoms with van der Waals surface area (Å²) in [5.74, 6) is -1.65. The van der Waals surface area contributed by atoms with Gasteiger partial charge in [0.1, 0.15) is 5.76 Å². The highest BCUT2D eigenvalue weighted by Gasteiger charge is 2.45.